The molecular weight excluding hydrogens is 899 g/mol. The van der Waals surface area contributed by atoms with Crippen molar-refractivity contribution in [1.82, 2.24) is 9.80 Å². The average molecular weight is 969 g/mol. The van der Waals surface area contributed by atoms with Gasteiger partial charge in [0.25, 0.3) is 0 Å². The van der Waals surface area contributed by atoms with E-state index in [1.807, 2.05) is 36.4 Å². The van der Waals surface area contributed by atoms with E-state index in [9.17, 15) is 30.6 Å². The molecule has 0 unspecified atom stereocenters. The van der Waals surface area contributed by atoms with E-state index in [4.69, 9.17) is 0 Å². The molecule has 4 rings (SSSR count). The Labute approximate surface area is 384 Å². The molecule has 0 aromatic carbocycles. The van der Waals surface area contributed by atoms with E-state index >= 15 is 0 Å². The predicted octanol–water partition coefficient (Wildman–Crippen LogP) is 9.06. The Morgan fingerprint density at radius 2 is 0.677 bits per heavy atom. The van der Waals surface area contributed by atoms with E-state index in [2.05, 4.69) is 13.8 Å². The van der Waals surface area contributed by atoms with Crippen LogP contribution in [-0.2, 0) is 9.59 Å². The Morgan fingerprint density at radius 3 is 0.935 bits per heavy atom. The summed E-state index contributed by atoms with van der Waals surface area (Å²) >= 11 is -0.853. The van der Waals surface area contributed by atoms with Crippen molar-refractivity contribution in [1.29, 1.82) is 21.0 Å². The molecule has 2 aliphatic rings. The minimum absolute atomic E-state index is 0.0674. The topological polar surface area (TPSA) is 136 Å². The van der Waals surface area contributed by atoms with E-state index in [0.717, 1.165) is 46.7 Å². The van der Waals surface area contributed by atoms with Crippen LogP contribution in [0.25, 0.3) is 22.5 Å². The molecule has 0 saturated carbocycles. The molecular formula is C52H70N6O2Se2. The van der Waals surface area contributed by atoms with Gasteiger partial charge >= 0.3 is 296 Å². The molecule has 62 heavy (non-hydrogen) atoms. The van der Waals surface area contributed by atoms with Crippen molar-refractivity contribution in [3.8, 4) is 24.3 Å². The van der Waals surface area contributed by atoms with Gasteiger partial charge in [0.15, 0.2) is 0 Å². The van der Waals surface area contributed by atoms with Gasteiger partial charge in [0.2, 0.25) is 0 Å². The molecule has 2 aromatic rings. The number of carbonyl (C=O) groups excluding carboxylic acids is 2. The molecule has 0 radical (unpaired) electrons. The first-order chi connectivity index (χ1) is 30.4. The summed E-state index contributed by atoms with van der Waals surface area (Å²) in [6.07, 6.45) is 34.6. The van der Waals surface area contributed by atoms with Crippen molar-refractivity contribution in [2.24, 2.45) is 0 Å². The number of nitriles is 4. The van der Waals surface area contributed by atoms with Gasteiger partial charge in [0, 0.05) is 0 Å². The fraction of sp³-hybridized carbons (Fsp3) is 0.615. The molecule has 0 saturated heterocycles. The van der Waals surface area contributed by atoms with Gasteiger partial charge in [0.05, 0.1) is 0 Å². The fourth-order valence-electron chi connectivity index (χ4n) is 8.73. The zero-order chi connectivity index (χ0) is 44.4. The van der Waals surface area contributed by atoms with Crippen molar-refractivity contribution in [3.63, 3.8) is 0 Å². The number of amides is 2. The molecule has 2 amide bonds. The molecule has 0 atom stereocenters. The minimum atomic E-state index is -0.427. The first kappa shape index (κ1) is 50.8. The van der Waals surface area contributed by atoms with E-state index in [-0.39, 0.29) is 23.0 Å². The molecule has 332 valence electrons. The summed E-state index contributed by atoms with van der Waals surface area (Å²) in [4.78, 5) is 33.2. The molecule has 2 aromatic heterocycles. The van der Waals surface area contributed by atoms with Gasteiger partial charge in [-0.05, 0) is 0 Å². The van der Waals surface area contributed by atoms with Gasteiger partial charge < -0.3 is 0 Å². The molecule has 8 nitrogen and oxygen atoms in total. The van der Waals surface area contributed by atoms with Crippen LogP contribution < -0.4 is 16.4 Å². The Hall–Kier alpha value is -3.88. The molecule has 4 heterocycles. The van der Waals surface area contributed by atoms with Crippen LogP contribution in [-0.4, -0.2) is 63.7 Å². The maximum absolute atomic E-state index is 14.8. The normalized spacial score (nSPS) is 15.2. The van der Waals surface area contributed by atoms with Crippen molar-refractivity contribution >= 4 is 63.4 Å². The summed E-state index contributed by atoms with van der Waals surface area (Å²) in [6, 6.07) is 15.5. The quantitative estimate of drug-likeness (QED) is 0.0567. The Balaban J connectivity index is 1.48. The summed E-state index contributed by atoms with van der Waals surface area (Å²) in [7, 11) is 0. The van der Waals surface area contributed by atoms with Crippen LogP contribution in [0.3, 0.4) is 0 Å². The van der Waals surface area contributed by atoms with Gasteiger partial charge in [0.1, 0.15) is 0 Å². The first-order valence-electron chi connectivity index (χ1n) is 24.1. The number of unbranched alkanes of at least 4 members (excludes halogenated alkanes) is 26. The predicted molar refractivity (Wildman–Crippen MR) is 252 cm³/mol. The third-order valence-corrected chi connectivity index (χ3v) is 16.9. The third-order valence-electron chi connectivity index (χ3n) is 12.3. The summed E-state index contributed by atoms with van der Waals surface area (Å²) in [5.41, 5.74) is 2.25. The number of carbonyl (C=O) groups is 2. The standard InChI is InChI=1S/C52H70N6O2Se2/c1-3-5-7-9-11-13-15-17-19-21-23-25-27-29-35-57-49(45-33-31-43(61-45)41(37-53)38-54)47-48(51(57)59)50(46-34-32-44(62-46)42(39-55)40-56)58(52(47)60)36-30-28-26-24-22-20-18-16-14-12-10-8-6-4-2/h31-34H,3-30,35-36H2,1-2H3. The monoisotopic (exact) mass is 970 g/mol. The number of hydrogen-bond acceptors (Lipinski definition) is 6. The second-order valence-corrected chi connectivity index (χ2v) is 21.6. The maximum atomic E-state index is 14.8. The molecule has 0 N–H and O–H groups in total. The molecule has 0 aliphatic carbocycles. The zero-order valence-electron chi connectivity index (χ0n) is 37.8. The van der Waals surface area contributed by atoms with Gasteiger partial charge in [-0.25, -0.2) is 0 Å². The zero-order valence-corrected chi connectivity index (χ0v) is 41.3. The van der Waals surface area contributed by atoms with Crippen LogP contribution in [0, 0.1) is 45.3 Å². The van der Waals surface area contributed by atoms with Crippen LogP contribution in [0.1, 0.15) is 194 Å². The van der Waals surface area contributed by atoms with Crippen LogP contribution in [0.4, 0.5) is 0 Å². The van der Waals surface area contributed by atoms with Crippen LogP contribution in [0.5, 0.6) is 0 Å². The van der Waals surface area contributed by atoms with E-state index in [1.165, 1.54) is 141 Å². The summed E-state index contributed by atoms with van der Waals surface area (Å²) in [5, 5.41) is 38.7. The van der Waals surface area contributed by atoms with E-state index in [1.54, 1.807) is 21.9 Å². The molecule has 2 aliphatic heterocycles. The van der Waals surface area contributed by atoms with Gasteiger partial charge in [-0.15, -0.1) is 0 Å². The van der Waals surface area contributed by atoms with Crippen molar-refractivity contribution < 1.29 is 9.59 Å². The van der Waals surface area contributed by atoms with Gasteiger partial charge in [-0.1, -0.05) is 90.9 Å². The van der Waals surface area contributed by atoms with Crippen molar-refractivity contribution in [2.75, 3.05) is 13.1 Å². The second kappa shape index (κ2) is 29.5. The summed E-state index contributed by atoms with van der Waals surface area (Å²) < 4.78 is 2.98. The average Bonchev–Trinajstić information content (AvgIpc) is 4.07. The Morgan fingerprint density at radius 1 is 0.419 bits per heavy atom. The SMILES string of the molecule is CCCCCCCCCCCCCCCCN1C(=O)C2=C(C(=O)N(CCCCCCCCCCCCCCCC)C2=c2ccc(=C(C#N)C#N)[se]2)C1=c1ccc(=C(C#N)C#N)[se]1. The second-order valence-electron chi connectivity index (χ2n) is 17.1. The number of nitrogens with zero attached hydrogens (tertiary/aromatic N) is 6. The fourth-order valence-corrected chi connectivity index (χ4v) is 13.0. The summed E-state index contributed by atoms with van der Waals surface area (Å²) in [5.74, 6) is -0.359. The molecule has 0 spiro atoms. The van der Waals surface area contributed by atoms with Gasteiger partial charge in [-0.2, -0.15) is 0 Å². The van der Waals surface area contributed by atoms with Gasteiger partial charge in [-0.3, -0.25) is 0 Å². The summed E-state index contributed by atoms with van der Waals surface area (Å²) in [6.45, 7) is 5.50. The van der Waals surface area contributed by atoms with Crippen molar-refractivity contribution in [3.05, 3.63) is 51.8 Å². The van der Waals surface area contributed by atoms with E-state index in [0.29, 0.717) is 43.8 Å². The third kappa shape index (κ3) is 15.1. The van der Waals surface area contributed by atoms with Crippen molar-refractivity contribution in [2.45, 2.75) is 194 Å². The molecule has 0 bridgehead atoms. The molecule has 0 fully saturated rings. The Kier molecular flexibility index (Phi) is 24.1. The number of hydrogen-bond donors (Lipinski definition) is 0. The first-order valence-corrected chi connectivity index (χ1v) is 27.6. The number of rotatable bonds is 30. The molecule has 10 heteroatoms. The Bertz CT molecular complexity index is 2030. The van der Waals surface area contributed by atoms with Crippen LogP contribution in [0.2, 0.25) is 0 Å². The van der Waals surface area contributed by atoms with Crippen LogP contribution in [0.15, 0.2) is 35.4 Å². The van der Waals surface area contributed by atoms with E-state index < -0.39 is 29.0 Å². The van der Waals surface area contributed by atoms with Crippen LogP contribution >= 0.6 is 0 Å².